The fourth-order valence-electron chi connectivity index (χ4n) is 2.54. The molecule has 216 valence electrons. The summed E-state index contributed by atoms with van der Waals surface area (Å²) in [4.78, 5) is 25.8. The summed E-state index contributed by atoms with van der Waals surface area (Å²) in [7, 11) is -2.84. The highest BCUT2D eigenvalue weighted by Gasteiger charge is 2.17. The van der Waals surface area contributed by atoms with Crippen LogP contribution in [-0.4, -0.2) is 46.8 Å². The fraction of sp³-hybridized carbons (Fsp3) is 0.250. The molecule has 0 radical (unpaired) electrons. The number of carboxylic acids is 2. The van der Waals surface area contributed by atoms with E-state index in [1.165, 1.54) is 24.5 Å². The van der Waals surface area contributed by atoms with Crippen molar-refractivity contribution in [3.05, 3.63) is 116 Å². The Kier molecular flexibility index (Phi) is 18.0. The van der Waals surface area contributed by atoms with Crippen LogP contribution < -0.4 is 5.73 Å². The lowest BCUT2D eigenvalue weighted by Gasteiger charge is -2.05. The van der Waals surface area contributed by atoms with E-state index in [4.69, 9.17) is 32.1 Å². The monoisotopic (exact) mass is 576 g/mol. The van der Waals surface area contributed by atoms with E-state index in [2.05, 4.69) is 19.5 Å². The van der Waals surface area contributed by atoms with Gasteiger partial charge in [-0.25, -0.2) is 3.97 Å². The number of nitrogens with zero attached hydrogens (tertiary/aromatic N) is 7. The number of azide groups is 2. The van der Waals surface area contributed by atoms with Crippen molar-refractivity contribution in [2.75, 3.05) is 7.11 Å². The molecule has 5 N–H and O–H groups in total. The molecule has 15 nitrogen and oxygen atoms in total. The Bertz CT molecular complexity index is 1380. The molecular weight excluding hydrogens is 544 g/mol. The van der Waals surface area contributed by atoms with E-state index in [9.17, 15) is 18.0 Å². The average Bonchev–Trinajstić information content (AvgIpc) is 3.46. The molecule has 2 atom stereocenters. The van der Waals surface area contributed by atoms with Gasteiger partial charge in [0.2, 0.25) is 0 Å². The molecule has 3 rings (SSSR count). The van der Waals surface area contributed by atoms with Gasteiger partial charge in [0, 0.05) is 29.3 Å². The Hall–Kier alpha value is -4.85. The first-order chi connectivity index (χ1) is 18.4. The van der Waals surface area contributed by atoms with Crippen molar-refractivity contribution in [3.63, 3.8) is 0 Å². The number of carboxylic acid groups (broad SMARTS) is 2. The second-order valence-corrected chi connectivity index (χ2v) is 8.73. The van der Waals surface area contributed by atoms with Crippen molar-refractivity contribution in [2.24, 2.45) is 15.4 Å². The molecule has 3 aromatic rings. The summed E-state index contributed by atoms with van der Waals surface area (Å²) in [5, 5.41) is 27.5. The molecule has 2 unspecified atom stereocenters. The molecule has 40 heavy (non-hydrogen) atoms. The Morgan fingerprint density at radius 1 is 0.850 bits per heavy atom. The van der Waals surface area contributed by atoms with E-state index in [-0.39, 0.29) is 7.43 Å². The number of hydrogen-bond donors (Lipinski definition) is 4. The highest BCUT2D eigenvalue weighted by Crippen LogP contribution is 2.18. The molecule has 2 aromatic carbocycles. The summed E-state index contributed by atoms with van der Waals surface area (Å²) in [6.45, 7) is 3.84. The minimum Gasteiger partial charge on any atom is -0.481 e. The summed E-state index contributed by atoms with van der Waals surface area (Å²) < 4.78 is 25.1. The van der Waals surface area contributed by atoms with Gasteiger partial charge in [-0.3, -0.25) is 9.59 Å². The summed E-state index contributed by atoms with van der Waals surface area (Å²) in [6, 6.07) is 15.0. The van der Waals surface area contributed by atoms with E-state index in [0.717, 1.165) is 22.2 Å². The van der Waals surface area contributed by atoms with Crippen molar-refractivity contribution in [1.82, 2.24) is 3.97 Å². The van der Waals surface area contributed by atoms with Gasteiger partial charge in [-0.05, 0) is 48.2 Å². The van der Waals surface area contributed by atoms with Crippen LogP contribution in [0.25, 0.3) is 20.9 Å². The van der Waals surface area contributed by atoms with Crippen LogP contribution in [-0.2, 0) is 19.8 Å². The first-order valence-electron chi connectivity index (χ1n) is 10.7. The molecule has 0 aliphatic carbocycles. The third-order valence-electron chi connectivity index (χ3n) is 4.48. The maximum Gasteiger partial charge on any atom is 0.327 e. The van der Waals surface area contributed by atoms with Crippen LogP contribution in [0.4, 0.5) is 0 Å². The van der Waals surface area contributed by atoms with Gasteiger partial charge in [0.1, 0.15) is 6.04 Å². The Morgan fingerprint density at radius 3 is 1.62 bits per heavy atom. The number of hydrogen-bond acceptors (Lipinski definition) is 7. The number of aryl methyl sites for hydroxylation is 2. The van der Waals surface area contributed by atoms with Gasteiger partial charge in [-0.15, -0.1) is 0 Å². The molecule has 1 heterocycles. The number of aliphatic carboxylic acids is 2. The second kappa shape index (κ2) is 19.3. The number of rotatable bonds is 7. The number of aliphatic hydroxyl groups is 1. The van der Waals surface area contributed by atoms with Crippen LogP contribution >= 0.6 is 0 Å². The van der Waals surface area contributed by atoms with Gasteiger partial charge in [0.05, 0.1) is 4.52 Å². The molecule has 0 amide bonds. The molecule has 16 heteroatoms. The number of nitrogens with two attached hydrogens (primary N) is 1. The first kappa shape index (κ1) is 37.3. The second-order valence-electron chi connectivity index (χ2n) is 7.24. The zero-order valence-electron chi connectivity index (χ0n) is 21.2. The van der Waals surface area contributed by atoms with Crippen LogP contribution in [0.3, 0.4) is 0 Å². The Balaban J connectivity index is 0. The number of aromatic nitrogens is 1. The summed E-state index contributed by atoms with van der Waals surface area (Å²) >= 11 is 0. The molecule has 0 aliphatic rings. The Labute approximate surface area is 231 Å². The largest absolute Gasteiger partial charge is 0.481 e. The van der Waals surface area contributed by atoms with E-state index >= 15 is 0 Å². The third kappa shape index (κ3) is 13.1. The number of benzene rings is 2. The number of aliphatic hydroxyl groups excluding tert-OH is 1. The van der Waals surface area contributed by atoms with E-state index in [1.807, 2.05) is 26.0 Å². The lowest BCUT2D eigenvalue weighted by Crippen LogP contribution is -2.20. The van der Waals surface area contributed by atoms with Crippen LogP contribution in [0, 0.1) is 13.8 Å². The molecule has 0 spiro atoms. The molecule has 0 fully saturated rings. The molecule has 0 bridgehead atoms. The number of carbonyl (C=O) groups is 2. The molecule has 0 saturated carbocycles. The van der Waals surface area contributed by atoms with Crippen LogP contribution in [0.2, 0.25) is 0 Å². The average molecular weight is 577 g/mol. The predicted molar refractivity (Wildman–Crippen MR) is 149 cm³/mol. The molecule has 0 aliphatic heterocycles. The lowest BCUT2D eigenvalue weighted by molar-refractivity contribution is -0.139. The van der Waals surface area contributed by atoms with Gasteiger partial charge in [-0.1, -0.05) is 72.2 Å². The maximum absolute atomic E-state index is 10.8. The van der Waals surface area contributed by atoms with Gasteiger partial charge in [-0.2, -0.15) is 8.42 Å². The highest BCUT2D eigenvalue weighted by atomic mass is 32.2. The van der Waals surface area contributed by atoms with Crippen LogP contribution in [0.15, 0.2) is 82.7 Å². The fourth-order valence-corrected chi connectivity index (χ4v) is 3.16. The summed E-state index contributed by atoms with van der Waals surface area (Å²) in [6.07, 6.45) is 2.56. The minimum atomic E-state index is -3.84. The van der Waals surface area contributed by atoms with E-state index in [0.29, 0.717) is 11.1 Å². The van der Waals surface area contributed by atoms with Crippen molar-refractivity contribution < 1.29 is 33.3 Å². The predicted octanol–water partition coefficient (Wildman–Crippen LogP) is 4.65. The topological polar surface area (TPSA) is 257 Å². The van der Waals surface area contributed by atoms with Gasteiger partial charge in [0.25, 0.3) is 0 Å². The molecule has 0 saturated heterocycles. The standard InChI is InChI=1S/C9H9N3O2.C9H11NO2.C4H4N4O2S.CH4O.CH4/c1-6-2-4-7(5-3-6)8(9(13)14)11-12-10;1-6-2-4-7(5-3-6)8(10)9(11)12;5-6-7-11(9,10)8-3-1-2-4-8;1-2;/h2-5,8H,1H3,(H,13,14);2-5,8H,10H2,1H3,(H,11,12);1-4H;2H,1H3;1H4. The summed E-state index contributed by atoms with van der Waals surface area (Å²) in [5.41, 5.74) is 24.7. The van der Waals surface area contributed by atoms with Gasteiger partial charge < -0.3 is 21.1 Å². The molecular formula is C24H32N8O7S. The van der Waals surface area contributed by atoms with Crippen molar-refractivity contribution in [3.8, 4) is 0 Å². The first-order valence-corrected chi connectivity index (χ1v) is 12.1. The van der Waals surface area contributed by atoms with Crippen LogP contribution in [0.5, 0.6) is 0 Å². The van der Waals surface area contributed by atoms with Gasteiger partial charge >= 0.3 is 22.1 Å². The zero-order chi connectivity index (χ0) is 30.0. The smallest absolute Gasteiger partial charge is 0.327 e. The van der Waals surface area contributed by atoms with Crippen molar-refractivity contribution >= 4 is 22.1 Å². The summed E-state index contributed by atoms with van der Waals surface area (Å²) in [5.74, 6) is -2.15. The van der Waals surface area contributed by atoms with E-state index < -0.39 is 34.2 Å². The maximum atomic E-state index is 10.8. The van der Waals surface area contributed by atoms with Crippen molar-refractivity contribution in [1.29, 1.82) is 0 Å². The van der Waals surface area contributed by atoms with E-state index in [1.54, 1.807) is 36.4 Å². The highest BCUT2D eigenvalue weighted by molar-refractivity contribution is 7.88. The zero-order valence-corrected chi connectivity index (χ0v) is 22.0. The van der Waals surface area contributed by atoms with Crippen molar-refractivity contribution in [2.45, 2.75) is 33.4 Å². The third-order valence-corrected chi connectivity index (χ3v) is 5.54. The Morgan fingerprint density at radius 2 is 1.27 bits per heavy atom. The SMILES string of the molecule is C.CO.Cc1ccc(C(N)C(=O)O)cc1.Cc1ccc(C(N=[N+]=[N-])C(=O)O)cc1.[N-]=[N+]=NS(=O)(=O)n1cccc1. The molecule has 1 aromatic heterocycles. The van der Waals surface area contributed by atoms with Crippen LogP contribution in [0.1, 0.15) is 41.8 Å². The van der Waals surface area contributed by atoms with Gasteiger partial charge in [0.15, 0.2) is 6.04 Å². The lowest BCUT2D eigenvalue weighted by atomic mass is 10.1. The normalized spacial score (nSPS) is 10.8. The minimum absolute atomic E-state index is 0. The quantitative estimate of drug-likeness (QED) is 0.174.